The van der Waals surface area contributed by atoms with Crippen molar-refractivity contribution in [2.24, 2.45) is 11.7 Å². The van der Waals surface area contributed by atoms with E-state index in [-0.39, 0.29) is 18.4 Å². The van der Waals surface area contributed by atoms with Crippen molar-refractivity contribution in [3.63, 3.8) is 0 Å². The number of carbonyl (C=O) groups is 1. The molecular formula is C16H20BrN5O2. The SMILES string of the molecule is NCc1nc(CN2CCC(C(=O)Nc3ccccc3Br)CC2)no1. The summed E-state index contributed by atoms with van der Waals surface area (Å²) < 4.78 is 5.90. The Kier molecular flexibility index (Phi) is 5.60. The number of para-hydroxylation sites is 1. The van der Waals surface area contributed by atoms with Gasteiger partial charge in [0.15, 0.2) is 5.82 Å². The Bertz CT molecular complexity index is 697. The molecule has 0 unspecified atom stereocenters. The minimum Gasteiger partial charge on any atom is -0.338 e. The lowest BCUT2D eigenvalue weighted by molar-refractivity contribution is -0.121. The lowest BCUT2D eigenvalue weighted by Crippen LogP contribution is -2.38. The Morgan fingerprint density at radius 3 is 2.79 bits per heavy atom. The summed E-state index contributed by atoms with van der Waals surface area (Å²) in [7, 11) is 0. The zero-order valence-electron chi connectivity index (χ0n) is 13.2. The van der Waals surface area contributed by atoms with E-state index >= 15 is 0 Å². The van der Waals surface area contributed by atoms with Gasteiger partial charge in [-0.25, -0.2) is 0 Å². The minimum absolute atomic E-state index is 0.0261. The second-order valence-electron chi connectivity index (χ2n) is 5.83. The predicted octanol–water partition coefficient (Wildman–Crippen LogP) is 2.14. The highest BCUT2D eigenvalue weighted by molar-refractivity contribution is 9.10. The van der Waals surface area contributed by atoms with Gasteiger partial charge in [0.25, 0.3) is 0 Å². The van der Waals surface area contributed by atoms with Crippen LogP contribution in [0.5, 0.6) is 0 Å². The van der Waals surface area contributed by atoms with E-state index < -0.39 is 0 Å². The molecule has 24 heavy (non-hydrogen) atoms. The first-order valence-corrected chi connectivity index (χ1v) is 8.74. The van der Waals surface area contributed by atoms with Crippen molar-refractivity contribution in [2.75, 3.05) is 18.4 Å². The number of nitrogens with one attached hydrogen (secondary N) is 1. The molecule has 1 saturated heterocycles. The summed E-state index contributed by atoms with van der Waals surface area (Å²) in [5, 5.41) is 6.91. The van der Waals surface area contributed by atoms with Crippen LogP contribution < -0.4 is 11.1 Å². The van der Waals surface area contributed by atoms with Gasteiger partial charge in [0.1, 0.15) is 0 Å². The van der Waals surface area contributed by atoms with Crippen LogP contribution in [0.4, 0.5) is 5.69 Å². The van der Waals surface area contributed by atoms with Crippen LogP contribution in [0.25, 0.3) is 0 Å². The second kappa shape index (κ2) is 7.87. The number of rotatable bonds is 5. The van der Waals surface area contributed by atoms with Gasteiger partial charge in [-0.1, -0.05) is 17.3 Å². The molecule has 0 bridgehead atoms. The third kappa shape index (κ3) is 4.19. The third-order valence-corrected chi connectivity index (χ3v) is 4.83. The van der Waals surface area contributed by atoms with Gasteiger partial charge in [-0.15, -0.1) is 0 Å². The molecule has 1 aliphatic rings. The van der Waals surface area contributed by atoms with E-state index in [9.17, 15) is 4.79 Å². The van der Waals surface area contributed by atoms with Gasteiger partial charge in [0.05, 0.1) is 18.8 Å². The van der Waals surface area contributed by atoms with Crippen molar-refractivity contribution >= 4 is 27.5 Å². The molecule has 1 aliphatic heterocycles. The van der Waals surface area contributed by atoms with Crippen LogP contribution in [0.2, 0.25) is 0 Å². The molecule has 7 nitrogen and oxygen atoms in total. The predicted molar refractivity (Wildman–Crippen MR) is 93.0 cm³/mol. The summed E-state index contributed by atoms with van der Waals surface area (Å²) >= 11 is 3.45. The number of amides is 1. The number of hydrogen-bond acceptors (Lipinski definition) is 6. The summed E-state index contributed by atoms with van der Waals surface area (Å²) in [6, 6.07) is 7.64. The maximum Gasteiger partial charge on any atom is 0.240 e. The maximum atomic E-state index is 12.4. The Morgan fingerprint density at radius 1 is 1.38 bits per heavy atom. The largest absolute Gasteiger partial charge is 0.338 e. The van der Waals surface area contributed by atoms with Crippen molar-refractivity contribution in [1.82, 2.24) is 15.0 Å². The standard InChI is InChI=1S/C16H20BrN5O2/c17-12-3-1-2-4-13(12)19-16(23)11-5-7-22(8-6-11)10-14-20-15(9-18)24-21-14/h1-4,11H,5-10,18H2,(H,19,23). The topological polar surface area (TPSA) is 97.3 Å². The molecule has 0 atom stereocenters. The van der Waals surface area contributed by atoms with E-state index in [1.165, 1.54) is 0 Å². The first-order chi connectivity index (χ1) is 11.7. The van der Waals surface area contributed by atoms with Gasteiger partial charge < -0.3 is 15.6 Å². The van der Waals surface area contributed by atoms with Gasteiger partial charge in [0, 0.05) is 10.4 Å². The zero-order valence-corrected chi connectivity index (χ0v) is 14.8. The van der Waals surface area contributed by atoms with E-state index in [2.05, 4.69) is 36.3 Å². The van der Waals surface area contributed by atoms with Crippen molar-refractivity contribution in [1.29, 1.82) is 0 Å². The Hall–Kier alpha value is -1.77. The van der Waals surface area contributed by atoms with E-state index in [4.69, 9.17) is 10.3 Å². The van der Waals surface area contributed by atoms with E-state index in [1.807, 2.05) is 24.3 Å². The number of hydrogen-bond donors (Lipinski definition) is 2. The second-order valence-corrected chi connectivity index (χ2v) is 6.68. The van der Waals surface area contributed by atoms with Crippen LogP contribution in [-0.4, -0.2) is 34.0 Å². The summed E-state index contributed by atoms with van der Waals surface area (Å²) in [5.74, 6) is 1.20. The number of anilines is 1. The molecule has 0 aliphatic carbocycles. The number of halogens is 1. The molecule has 2 heterocycles. The number of aromatic nitrogens is 2. The number of piperidine rings is 1. The van der Waals surface area contributed by atoms with Crippen molar-refractivity contribution in [3.8, 4) is 0 Å². The van der Waals surface area contributed by atoms with E-state index in [1.54, 1.807) is 0 Å². The molecule has 8 heteroatoms. The minimum atomic E-state index is 0.0261. The normalized spacial score (nSPS) is 16.2. The lowest BCUT2D eigenvalue weighted by atomic mass is 9.96. The Labute approximate surface area is 148 Å². The highest BCUT2D eigenvalue weighted by atomic mass is 79.9. The fraction of sp³-hybridized carbons (Fsp3) is 0.438. The molecule has 0 radical (unpaired) electrons. The van der Waals surface area contributed by atoms with Crippen molar-refractivity contribution in [2.45, 2.75) is 25.9 Å². The number of likely N-dealkylation sites (tertiary alicyclic amines) is 1. The summed E-state index contributed by atoms with van der Waals surface area (Å²) in [5.41, 5.74) is 6.28. The molecular weight excluding hydrogens is 374 g/mol. The summed E-state index contributed by atoms with van der Waals surface area (Å²) in [4.78, 5) is 18.9. The molecule has 0 spiro atoms. The summed E-state index contributed by atoms with van der Waals surface area (Å²) in [6.07, 6.45) is 1.63. The quantitative estimate of drug-likeness (QED) is 0.807. The molecule has 128 valence electrons. The van der Waals surface area contributed by atoms with Gasteiger partial charge in [-0.05, 0) is 54.0 Å². The van der Waals surface area contributed by atoms with Crippen LogP contribution in [-0.2, 0) is 17.9 Å². The molecule has 0 saturated carbocycles. The van der Waals surface area contributed by atoms with E-state index in [0.29, 0.717) is 18.3 Å². The van der Waals surface area contributed by atoms with Gasteiger partial charge in [-0.2, -0.15) is 4.98 Å². The molecule has 3 N–H and O–H groups in total. The third-order valence-electron chi connectivity index (χ3n) is 4.14. The number of benzene rings is 1. The zero-order chi connectivity index (χ0) is 16.9. The first kappa shape index (κ1) is 17.1. The van der Waals surface area contributed by atoms with Gasteiger partial charge in [0.2, 0.25) is 11.8 Å². The van der Waals surface area contributed by atoms with Crippen molar-refractivity contribution in [3.05, 3.63) is 40.5 Å². The van der Waals surface area contributed by atoms with Crippen LogP contribution in [0.3, 0.4) is 0 Å². The monoisotopic (exact) mass is 393 g/mol. The molecule has 1 amide bonds. The number of nitrogens with two attached hydrogens (primary N) is 1. The Morgan fingerprint density at radius 2 is 2.12 bits per heavy atom. The van der Waals surface area contributed by atoms with Crippen molar-refractivity contribution < 1.29 is 9.32 Å². The summed E-state index contributed by atoms with van der Waals surface area (Å²) in [6.45, 7) is 2.55. The average Bonchev–Trinajstić information content (AvgIpc) is 3.05. The molecule has 2 aromatic rings. The maximum absolute atomic E-state index is 12.4. The molecule has 1 fully saturated rings. The van der Waals surface area contributed by atoms with Crippen LogP contribution in [0.1, 0.15) is 24.6 Å². The van der Waals surface area contributed by atoms with Crippen LogP contribution >= 0.6 is 15.9 Å². The Balaban J connectivity index is 1.49. The van der Waals surface area contributed by atoms with E-state index in [0.717, 1.165) is 36.1 Å². The molecule has 1 aromatic carbocycles. The first-order valence-electron chi connectivity index (χ1n) is 7.95. The highest BCUT2D eigenvalue weighted by Gasteiger charge is 2.26. The fourth-order valence-electron chi connectivity index (χ4n) is 2.79. The molecule has 1 aromatic heterocycles. The van der Waals surface area contributed by atoms with Crippen LogP contribution in [0.15, 0.2) is 33.3 Å². The van der Waals surface area contributed by atoms with Crippen LogP contribution in [0, 0.1) is 5.92 Å². The molecule has 3 rings (SSSR count). The smallest absolute Gasteiger partial charge is 0.240 e. The average molecular weight is 394 g/mol. The van der Waals surface area contributed by atoms with Gasteiger partial charge >= 0.3 is 0 Å². The highest BCUT2D eigenvalue weighted by Crippen LogP contribution is 2.24. The van der Waals surface area contributed by atoms with Gasteiger partial charge in [-0.3, -0.25) is 9.69 Å². The number of carbonyl (C=O) groups excluding carboxylic acids is 1. The lowest BCUT2D eigenvalue weighted by Gasteiger charge is -2.30. The number of nitrogens with zero attached hydrogens (tertiary/aromatic N) is 3. The fourth-order valence-corrected chi connectivity index (χ4v) is 3.17.